The van der Waals surface area contributed by atoms with E-state index in [1.54, 1.807) is 0 Å². The van der Waals surface area contributed by atoms with Crippen LogP contribution in [0, 0.1) is 5.92 Å². The topological polar surface area (TPSA) is 76.1 Å². The molecule has 0 radical (unpaired) electrons. The lowest BCUT2D eigenvalue weighted by Crippen LogP contribution is -2.34. The first-order valence-corrected chi connectivity index (χ1v) is 12.4. The first kappa shape index (κ1) is 24.4. The smallest absolute Gasteiger partial charge is 0.407 e. The predicted molar refractivity (Wildman–Crippen MR) is 136 cm³/mol. The maximum atomic E-state index is 11.9. The summed E-state index contributed by atoms with van der Waals surface area (Å²) in [6, 6.07) is 16.2. The van der Waals surface area contributed by atoms with Gasteiger partial charge in [0.2, 0.25) is 0 Å². The van der Waals surface area contributed by atoms with E-state index in [0.29, 0.717) is 17.5 Å². The summed E-state index contributed by atoms with van der Waals surface area (Å²) in [6.45, 7) is 6.89. The molecule has 1 aliphatic carbocycles. The molecule has 1 aliphatic rings. The molecule has 2 aromatic carbocycles. The van der Waals surface area contributed by atoms with Crippen LogP contribution in [0.3, 0.4) is 0 Å². The Balaban J connectivity index is 1.49. The summed E-state index contributed by atoms with van der Waals surface area (Å²) in [5.41, 5.74) is 4.39. The molecule has 1 unspecified atom stereocenters. The predicted octanol–water partition coefficient (Wildman–Crippen LogP) is 5.83. The molecule has 0 saturated heterocycles. The zero-order valence-electron chi connectivity index (χ0n) is 20.1. The second kappa shape index (κ2) is 10.7. The molecular weight excluding hydrogens is 448 g/mol. The maximum Gasteiger partial charge on any atom is 0.407 e. The molecule has 4 rings (SSSR count). The van der Waals surface area contributed by atoms with Gasteiger partial charge in [-0.1, -0.05) is 41.9 Å². The Labute approximate surface area is 206 Å². The van der Waals surface area contributed by atoms with E-state index < -0.39 is 5.60 Å². The van der Waals surface area contributed by atoms with E-state index in [9.17, 15) is 4.79 Å². The quantitative estimate of drug-likeness (QED) is 0.377. The molecule has 1 fully saturated rings. The second-order valence-electron chi connectivity index (χ2n) is 9.90. The number of nitrogens with zero attached hydrogens (tertiary/aromatic N) is 2. The number of hydrogen-bond donors (Lipinski definition) is 2. The number of hydrogen-bond acceptors (Lipinski definition) is 5. The van der Waals surface area contributed by atoms with Crippen molar-refractivity contribution >= 4 is 28.7 Å². The van der Waals surface area contributed by atoms with Crippen LogP contribution in [0.15, 0.2) is 48.5 Å². The first-order chi connectivity index (χ1) is 16.3. The van der Waals surface area contributed by atoms with Crippen molar-refractivity contribution < 1.29 is 9.53 Å². The maximum absolute atomic E-state index is 11.9. The van der Waals surface area contributed by atoms with Crippen molar-refractivity contribution in [2.24, 2.45) is 5.92 Å². The average Bonchev–Trinajstić information content (AvgIpc) is 3.61. The van der Waals surface area contributed by atoms with Crippen LogP contribution in [0.5, 0.6) is 0 Å². The molecule has 6 nitrogen and oxygen atoms in total. The van der Waals surface area contributed by atoms with Gasteiger partial charge in [-0.25, -0.2) is 14.8 Å². The van der Waals surface area contributed by atoms with Gasteiger partial charge in [0.1, 0.15) is 5.60 Å². The number of alkyl carbamates (subject to hydrolysis) is 1. The van der Waals surface area contributed by atoms with Crippen molar-refractivity contribution in [3.8, 4) is 0 Å². The van der Waals surface area contributed by atoms with Gasteiger partial charge < -0.3 is 15.4 Å². The van der Waals surface area contributed by atoms with Crippen molar-refractivity contribution in [2.45, 2.75) is 58.1 Å². The number of aromatic nitrogens is 2. The van der Waals surface area contributed by atoms with E-state index in [0.717, 1.165) is 41.8 Å². The molecule has 34 heavy (non-hydrogen) atoms. The highest BCUT2D eigenvalue weighted by Crippen LogP contribution is 2.41. The van der Waals surface area contributed by atoms with Gasteiger partial charge in [-0.2, -0.15) is 0 Å². The van der Waals surface area contributed by atoms with Crippen molar-refractivity contribution in [3.63, 3.8) is 0 Å². The van der Waals surface area contributed by atoms with E-state index >= 15 is 0 Å². The van der Waals surface area contributed by atoms with Crippen LogP contribution in [0.4, 0.5) is 4.79 Å². The Morgan fingerprint density at radius 2 is 1.85 bits per heavy atom. The molecule has 180 valence electrons. The van der Waals surface area contributed by atoms with Crippen LogP contribution in [-0.4, -0.2) is 34.8 Å². The number of rotatable bonds is 9. The van der Waals surface area contributed by atoms with E-state index in [4.69, 9.17) is 26.3 Å². The van der Waals surface area contributed by atoms with Crippen molar-refractivity contribution in [2.75, 3.05) is 13.1 Å². The number of fused-ring (bicyclic) bond motifs is 1. The van der Waals surface area contributed by atoms with Crippen molar-refractivity contribution in [1.29, 1.82) is 0 Å². The summed E-state index contributed by atoms with van der Waals surface area (Å²) in [4.78, 5) is 22.0. The minimum Gasteiger partial charge on any atom is -0.444 e. The molecule has 1 aromatic heterocycles. The van der Waals surface area contributed by atoms with Gasteiger partial charge in [0, 0.05) is 18.0 Å². The molecule has 0 aliphatic heterocycles. The SMILES string of the molecule is CC(C)(C)OC(=O)NCCCNC(c1nc2cc(Cl)ccc2nc1Cc1ccccc1)C1CC1. The number of carbonyl (C=O) groups excluding carboxylic acids is 1. The van der Waals surface area contributed by atoms with Gasteiger partial charge >= 0.3 is 6.09 Å². The van der Waals surface area contributed by atoms with E-state index in [-0.39, 0.29) is 12.1 Å². The van der Waals surface area contributed by atoms with Gasteiger partial charge in [0.25, 0.3) is 0 Å². The number of carbonyl (C=O) groups is 1. The fourth-order valence-electron chi connectivity index (χ4n) is 4.01. The van der Waals surface area contributed by atoms with Gasteiger partial charge in [-0.3, -0.25) is 0 Å². The molecule has 3 aromatic rings. The van der Waals surface area contributed by atoms with E-state index in [1.165, 1.54) is 18.4 Å². The third kappa shape index (κ3) is 6.90. The Kier molecular flexibility index (Phi) is 7.69. The summed E-state index contributed by atoms with van der Waals surface area (Å²) in [7, 11) is 0. The van der Waals surface area contributed by atoms with Gasteiger partial charge in [0.05, 0.1) is 28.5 Å². The normalized spacial score (nSPS) is 14.7. The second-order valence-corrected chi connectivity index (χ2v) is 10.3. The molecule has 0 bridgehead atoms. The Morgan fingerprint density at radius 3 is 2.56 bits per heavy atom. The van der Waals surface area contributed by atoms with Crippen LogP contribution in [0.25, 0.3) is 11.0 Å². The number of ether oxygens (including phenoxy) is 1. The molecule has 0 spiro atoms. The highest BCUT2D eigenvalue weighted by Gasteiger charge is 2.35. The summed E-state index contributed by atoms with van der Waals surface area (Å²) < 4.78 is 5.31. The lowest BCUT2D eigenvalue weighted by molar-refractivity contribution is 0.0527. The van der Waals surface area contributed by atoms with Crippen LogP contribution in [0.2, 0.25) is 5.02 Å². The summed E-state index contributed by atoms with van der Waals surface area (Å²) >= 11 is 6.25. The van der Waals surface area contributed by atoms with E-state index in [1.807, 2.05) is 45.0 Å². The summed E-state index contributed by atoms with van der Waals surface area (Å²) in [6.07, 6.45) is 3.49. The minimum atomic E-state index is -0.494. The fourth-order valence-corrected chi connectivity index (χ4v) is 4.18. The minimum absolute atomic E-state index is 0.121. The monoisotopic (exact) mass is 480 g/mol. The van der Waals surface area contributed by atoms with Gasteiger partial charge in [-0.05, 0) is 76.3 Å². The van der Waals surface area contributed by atoms with Crippen molar-refractivity contribution in [1.82, 2.24) is 20.6 Å². The molecule has 1 amide bonds. The van der Waals surface area contributed by atoms with Crippen molar-refractivity contribution in [3.05, 3.63) is 70.5 Å². The summed E-state index contributed by atoms with van der Waals surface area (Å²) in [5.74, 6) is 0.541. The van der Waals surface area contributed by atoms with Gasteiger partial charge in [0.15, 0.2) is 0 Å². The average molecular weight is 481 g/mol. The third-order valence-corrected chi connectivity index (χ3v) is 5.95. The van der Waals surface area contributed by atoms with Crippen LogP contribution in [-0.2, 0) is 11.2 Å². The summed E-state index contributed by atoms with van der Waals surface area (Å²) in [5, 5.41) is 7.19. The lowest BCUT2D eigenvalue weighted by Gasteiger charge is -2.22. The number of amides is 1. The zero-order valence-corrected chi connectivity index (χ0v) is 20.9. The van der Waals surface area contributed by atoms with Crippen LogP contribution >= 0.6 is 11.6 Å². The molecule has 1 heterocycles. The van der Waals surface area contributed by atoms with Gasteiger partial charge in [-0.15, -0.1) is 0 Å². The molecular formula is C27H33ClN4O2. The molecule has 1 atom stereocenters. The molecule has 1 saturated carbocycles. The highest BCUT2D eigenvalue weighted by molar-refractivity contribution is 6.31. The number of benzene rings is 2. The largest absolute Gasteiger partial charge is 0.444 e. The van der Waals surface area contributed by atoms with E-state index in [2.05, 4.69) is 34.9 Å². The fraction of sp³-hybridized carbons (Fsp3) is 0.444. The van der Waals surface area contributed by atoms with Crippen LogP contribution in [0.1, 0.15) is 63.0 Å². The zero-order chi connectivity index (χ0) is 24.1. The first-order valence-electron chi connectivity index (χ1n) is 12.0. The number of halogens is 1. The highest BCUT2D eigenvalue weighted by atomic mass is 35.5. The molecule has 7 heteroatoms. The number of nitrogens with one attached hydrogen (secondary N) is 2. The Hall–Kier alpha value is -2.70. The molecule has 2 N–H and O–H groups in total. The third-order valence-electron chi connectivity index (χ3n) is 5.72. The standard InChI is InChI=1S/C27H33ClN4O2/c1-27(2,3)34-26(33)30-15-7-14-29-24(19-10-11-19)25-23(16-18-8-5-4-6-9-18)31-21-13-12-20(28)17-22(21)32-25/h4-6,8-9,12-13,17,19,24,29H,7,10-11,14-16H2,1-3H3,(H,30,33). The Morgan fingerprint density at radius 1 is 1.09 bits per heavy atom. The van der Waals surface area contributed by atoms with Crippen LogP contribution < -0.4 is 10.6 Å². The lowest BCUT2D eigenvalue weighted by atomic mass is 10.0. The Bertz CT molecular complexity index is 1130.